The summed E-state index contributed by atoms with van der Waals surface area (Å²) in [6, 6.07) is 1.45. The van der Waals surface area contributed by atoms with E-state index in [1.807, 2.05) is 0 Å². The molecule has 1 saturated heterocycles. The summed E-state index contributed by atoms with van der Waals surface area (Å²) in [5.74, 6) is 0. The van der Waals surface area contributed by atoms with E-state index < -0.39 is 0 Å². The molecule has 0 radical (unpaired) electrons. The fourth-order valence-corrected chi connectivity index (χ4v) is 2.25. The van der Waals surface area contributed by atoms with E-state index in [4.69, 9.17) is 0 Å². The first-order valence-corrected chi connectivity index (χ1v) is 6.02. The van der Waals surface area contributed by atoms with Crippen LogP contribution in [0.5, 0.6) is 0 Å². The molecule has 1 aliphatic rings. The van der Waals surface area contributed by atoms with Crippen molar-refractivity contribution in [2.75, 3.05) is 6.54 Å². The molecule has 0 spiro atoms. The SMILES string of the molecule is CCCC1CCC(NC(C)(C)C)CN1. The van der Waals surface area contributed by atoms with Gasteiger partial charge in [0.15, 0.2) is 0 Å². The van der Waals surface area contributed by atoms with Crippen LogP contribution in [-0.4, -0.2) is 24.2 Å². The molecule has 2 unspecified atom stereocenters. The zero-order valence-corrected chi connectivity index (χ0v) is 10.2. The zero-order chi connectivity index (χ0) is 10.6. The van der Waals surface area contributed by atoms with Crippen molar-refractivity contribution in [1.82, 2.24) is 10.6 Å². The molecule has 0 saturated carbocycles. The third-order valence-corrected chi connectivity index (χ3v) is 2.79. The van der Waals surface area contributed by atoms with Crippen molar-refractivity contribution in [2.24, 2.45) is 0 Å². The zero-order valence-electron chi connectivity index (χ0n) is 10.2. The van der Waals surface area contributed by atoms with E-state index in [1.54, 1.807) is 0 Å². The second-order valence-corrected chi connectivity index (χ2v) is 5.56. The van der Waals surface area contributed by atoms with Gasteiger partial charge in [0, 0.05) is 24.2 Å². The molecule has 1 rings (SSSR count). The lowest BCUT2D eigenvalue weighted by Gasteiger charge is -2.35. The van der Waals surface area contributed by atoms with Gasteiger partial charge in [-0.15, -0.1) is 0 Å². The van der Waals surface area contributed by atoms with Crippen LogP contribution >= 0.6 is 0 Å². The van der Waals surface area contributed by atoms with Crippen LogP contribution in [0.15, 0.2) is 0 Å². The Hall–Kier alpha value is -0.0800. The van der Waals surface area contributed by atoms with Crippen LogP contribution in [-0.2, 0) is 0 Å². The Balaban J connectivity index is 2.22. The first kappa shape index (κ1) is 12.0. The smallest absolute Gasteiger partial charge is 0.0197 e. The summed E-state index contributed by atoms with van der Waals surface area (Å²) < 4.78 is 0. The van der Waals surface area contributed by atoms with Crippen molar-refractivity contribution in [2.45, 2.75) is 71.0 Å². The average molecular weight is 198 g/mol. The average Bonchev–Trinajstić information content (AvgIpc) is 2.06. The van der Waals surface area contributed by atoms with E-state index in [1.165, 1.54) is 25.7 Å². The molecule has 0 aromatic heterocycles. The second kappa shape index (κ2) is 5.13. The molecule has 1 fully saturated rings. The first-order chi connectivity index (χ1) is 6.51. The van der Waals surface area contributed by atoms with Gasteiger partial charge in [0.1, 0.15) is 0 Å². The highest BCUT2D eigenvalue weighted by atomic mass is 15.1. The lowest BCUT2D eigenvalue weighted by atomic mass is 9.95. The van der Waals surface area contributed by atoms with Crippen molar-refractivity contribution in [3.8, 4) is 0 Å². The molecule has 2 heteroatoms. The monoisotopic (exact) mass is 198 g/mol. The van der Waals surface area contributed by atoms with Gasteiger partial charge in [-0.3, -0.25) is 0 Å². The van der Waals surface area contributed by atoms with Gasteiger partial charge in [0.05, 0.1) is 0 Å². The minimum atomic E-state index is 0.254. The van der Waals surface area contributed by atoms with Crippen LogP contribution in [0.3, 0.4) is 0 Å². The number of hydrogen-bond acceptors (Lipinski definition) is 2. The summed E-state index contributed by atoms with van der Waals surface area (Å²) in [4.78, 5) is 0. The van der Waals surface area contributed by atoms with Gasteiger partial charge in [0.2, 0.25) is 0 Å². The highest BCUT2D eigenvalue weighted by molar-refractivity contribution is 4.85. The van der Waals surface area contributed by atoms with Crippen molar-refractivity contribution in [1.29, 1.82) is 0 Å². The molecule has 84 valence electrons. The topological polar surface area (TPSA) is 24.1 Å². The van der Waals surface area contributed by atoms with Gasteiger partial charge in [-0.25, -0.2) is 0 Å². The van der Waals surface area contributed by atoms with Crippen LogP contribution in [0.1, 0.15) is 53.4 Å². The molecule has 0 amide bonds. The quantitative estimate of drug-likeness (QED) is 0.727. The molecule has 2 nitrogen and oxygen atoms in total. The molecular formula is C12H26N2. The van der Waals surface area contributed by atoms with Crippen molar-refractivity contribution >= 4 is 0 Å². The standard InChI is InChI=1S/C12H26N2/c1-5-6-10-7-8-11(9-13-10)14-12(2,3)4/h10-11,13-14H,5-9H2,1-4H3. The maximum absolute atomic E-state index is 3.66. The molecule has 0 aliphatic carbocycles. The summed E-state index contributed by atoms with van der Waals surface area (Å²) in [6.45, 7) is 10.1. The number of hydrogen-bond donors (Lipinski definition) is 2. The van der Waals surface area contributed by atoms with E-state index in [0.29, 0.717) is 6.04 Å². The van der Waals surface area contributed by atoms with Gasteiger partial charge in [-0.05, 0) is 40.0 Å². The normalized spacial score (nSPS) is 29.1. The van der Waals surface area contributed by atoms with Crippen molar-refractivity contribution in [3.63, 3.8) is 0 Å². The summed E-state index contributed by atoms with van der Waals surface area (Å²) >= 11 is 0. The third kappa shape index (κ3) is 4.43. The Morgan fingerprint density at radius 2 is 2.00 bits per heavy atom. The molecule has 1 heterocycles. The lowest BCUT2D eigenvalue weighted by Crippen LogP contribution is -2.53. The number of nitrogens with one attached hydrogen (secondary N) is 2. The fourth-order valence-electron chi connectivity index (χ4n) is 2.25. The van der Waals surface area contributed by atoms with Crippen LogP contribution in [0, 0.1) is 0 Å². The lowest BCUT2D eigenvalue weighted by molar-refractivity contribution is 0.267. The summed E-state index contributed by atoms with van der Waals surface area (Å²) in [7, 11) is 0. The minimum absolute atomic E-state index is 0.254. The third-order valence-electron chi connectivity index (χ3n) is 2.79. The van der Waals surface area contributed by atoms with E-state index in [-0.39, 0.29) is 5.54 Å². The van der Waals surface area contributed by atoms with E-state index in [2.05, 4.69) is 38.3 Å². The maximum Gasteiger partial charge on any atom is 0.0197 e. The summed E-state index contributed by atoms with van der Waals surface area (Å²) in [5, 5.41) is 7.29. The molecule has 0 bridgehead atoms. The highest BCUT2D eigenvalue weighted by Crippen LogP contribution is 2.14. The van der Waals surface area contributed by atoms with Crippen LogP contribution in [0.2, 0.25) is 0 Å². The predicted octanol–water partition coefficient (Wildman–Crippen LogP) is 2.30. The van der Waals surface area contributed by atoms with Crippen LogP contribution < -0.4 is 10.6 Å². The van der Waals surface area contributed by atoms with Gasteiger partial charge >= 0.3 is 0 Å². The molecule has 2 N–H and O–H groups in total. The number of rotatable bonds is 3. The van der Waals surface area contributed by atoms with Gasteiger partial charge in [-0.2, -0.15) is 0 Å². The molecule has 0 aromatic carbocycles. The van der Waals surface area contributed by atoms with E-state index in [9.17, 15) is 0 Å². The second-order valence-electron chi connectivity index (χ2n) is 5.56. The Morgan fingerprint density at radius 3 is 2.43 bits per heavy atom. The van der Waals surface area contributed by atoms with Crippen LogP contribution in [0.4, 0.5) is 0 Å². The number of piperidine rings is 1. The van der Waals surface area contributed by atoms with Gasteiger partial charge in [-0.1, -0.05) is 13.3 Å². The van der Waals surface area contributed by atoms with E-state index >= 15 is 0 Å². The van der Waals surface area contributed by atoms with Gasteiger partial charge in [0.25, 0.3) is 0 Å². The van der Waals surface area contributed by atoms with Crippen molar-refractivity contribution < 1.29 is 0 Å². The molecule has 14 heavy (non-hydrogen) atoms. The summed E-state index contributed by atoms with van der Waals surface area (Å²) in [6.07, 6.45) is 5.30. The molecule has 1 aliphatic heterocycles. The molecular weight excluding hydrogens is 172 g/mol. The molecule has 0 aromatic rings. The maximum atomic E-state index is 3.66. The Bertz CT molecular complexity index is 152. The fraction of sp³-hybridized carbons (Fsp3) is 1.00. The Labute approximate surface area is 88.8 Å². The minimum Gasteiger partial charge on any atom is -0.312 e. The van der Waals surface area contributed by atoms with Crippen molar-refractivity contribution in [3.05, 3.63) is 0 Å². The van der Waals surface area contributed by atoms with Crippen LogP contribution in [0.25, 0.3) is 0 Å². The van der Waals surface area contributed by atoms with Gasteiger partial charge < -0.3 is 10.6 Å². The largest absolute Gasteiger partial charge is 0.312 e. The highest BCUT2D eigenvalue weighted by Gasteiger charge is 2.22. The summed E-state index contributed by atoms with van der Waals surface area (Å²) in [5.41, 5.74) is 0.254. The van der Waals surface area contributed by atoms with E-state index in [0.717, 1.165) is 12.6 Å². The molecule has 2 atom stereocenters. The first-order valence-electron chi connectivity index (χ1n) is 6.02. The predicted molar refractivity (Wildman–Crippen MR) is 62.6 cm³/mol. The Morgan fingerprint density at radius 1 is 1.29 bits per heavy atom. The Kier molecular flexibility index (Phi) is 4.39.